The van der Waals surface area contributed by atoms with Gasteiger partial charge in [-0.3, -0.25) is 9.97 Å². The standard InChI is InChI=1S/C28H35N9O2/c1-2-21(30-8-20-3-4-20)12-35(7-1)22-5-6-25(31-9-22)28(18-39-19-28)37-13-24(33-34-37)23-10-29-11-26(32-23)36-14-27(15-36)16-38-17-27/h5-6,9-11,13,20-21,30H,1-4,7-8,12,14-19H2/t21-/m1/s1. The number of hydrogen-bond donors (Lipinski definition) is 1. The molecule has 0 aromatic carbocycles. The zero-order valence-electron chi connectivity index (χ0n) is 22.2. The lowest BCUT2D eigenvalue weighted by Crippen LogP contribution is -2.66. The van der Waals surface area contributed by atoms with Crippen molar-refractivity contribution in [2.45, 2.75) is 37.3 Å². The van der Waals surface area contributed by atoms with Gasteiger partial charge in [-0.25, -0.2) is 9.67 Å². The Hall–Kier alpha value is -3.15. The van der Waals surface area contributed by atoms with Crippen molar-refractivity contribution in [2.24, 2.45) is 11.3 Å². The van der Waals surface area contributed by atoms with Crippen LogP contribution in [0, 0.1) is 11.3 Å². The number of piperidine rings is 1. The maximum atomic E-state index is 5.69. The van der Waals surface area contributed by atoms with Gasteiger partial charge in [0.05, 0.1) is 68.0 Å². The Labute approximate surface area is 227 Å². The summed E-state index contributed by atoms with van der Waals surface area (Å²) in [6.07, 6.45) is 12.8. The maximum absolute atomic E-state index is 5.69. The van der Waals surface area contributed by atoms with Crippen molar-refractivity contribution in [1.82, 2.24) is 35.3 Å². The van der Waals surface area contributed by atoms with Crippen molar-refractivity contribution >= 4 is 11.5 Å². The molecule has 1 spiro atoms. The second-order valence-corrected chi connectivity index (χ2v) is 12.2. The molecule has 39 heavy (non-hydrogen) atoms. The van der Waals surface area contributed by atoms with Crippen LogP contribution in [-0.2, 0) is 15.0 Å². The van der Waals surface area contributed by atoms with Crippen LogP contribution in [-0.4, -0.2) is 95.1 Å². The van der Waals surface area contributed by atoms with E-state index < -0.39 is 5.54 Å². The molecule has 1 N–H and O–H groups in total. The van der Waals surface area contributed by atoms with Gasteiger partial charge >= 0.3 is 0 Å². The topological polar surface area (TPSA) is 106 Å². The van der Waals surface area contributed by atoms with E-state index in [4.69, 9.17) is 19.4 Å². The van der Waals surface area contributed by atoms with E-state index in [0.29, 0.717) is 30.4 Å². The van der Waals surface area contributed by atoms with Gasteiger partial charge in [-0.2, -0.15) is 0 Å². The van der Waals surface area contributed by atoms with Crippen LogP contribution in [0.4, 0.5) is 11.5 Å². The number of nitrogens with zero attached hydrogens (tertiary/aromatic N) is 8. The van der Waals surface area contributed by atoms with Gasteiger partial charge < -0.3 is 24.6 Å². The molecule has 0 amide bonds. The fraction of sp³-hybridized carbons (Fsp3) is 0.607. The highest BCUT2D eigenvalue weighted by molar-refractivity contribution is 5.55. The second-order valence-electron chi connectivity index (χ2n) is 12.2. The maximum Gasteiger partial charge on any atom is 0.152 e. The largest absolute Gasteiger partial charge is 0.380 e. The molecule has 204 valence electrons. The van der Waals surface area contributed by atoms with E-state index in [-0.39, 0.29) is 0 Å². The van der Waals surface area contributed by atoms with Crippen molar-refractivity contribution in [3.63, 3.8) is 0 Å². The van der Waals surface area contributed by atoms with Gasteiger partial charge in [-0.05, 0) is 50.3 Å². The van der Waals surface area contributed by atoms with Crippen LogP contribution in [0.2, 0.25) is 0 Å². The molecular formula is C28H35N9O2. The minimum atomic E-state index is -0.459. The Morgan fingerprint density at radius 3 is 2.54 bits per heavy atom. The van der Waals surface area contributed by atoms with Crippen LogP contribution < -0.4 is 15.1 Å². The Kier molecular flexibility index (Phi) is 5.60. The quantitative estimate of drug-likeness (QED) is 0.464. The first kappa shape index (κ1) is 23.7. The summed E-state index contributed by atoms with van der Waals surface area (Å²) in [5, 5.41) is 12.8. The van der Waals surface area contributed by atoms with Crippen molar-refractivity contribution in [3.05, 3.63) is 42.6 Å². The number of hydrogen-bond acceptors (Lipinski definition) is 10. The lowest BCUT2D eigenvalue weighted by atomic mass is 9.78. The molecule has 1 saturated carbocycles. The molecule has 3 aromatic heterocycles. The molecule has 4 saturated heterocycles. The Bertz CT molecular complexity index is 1320. The van der Waals surface area contributed by atoms with Gasteiger partial charge in [0.25, 0.3) is 0 Å². The van der Waals surface area contributed by atoms with E-state index in [1.54, 1.807) is 6.20 Å². The minimum Gasteiger partial charge on any atom is -0.380 e. The number of aromatic nitrogens is 6. The lowest BCUT2D eigenvalue weighted by molar-refractivity contribution is -0.127. The van der Waals surface area contributed by atoms with E-state index in [1.165, 1.54) is 37.9 Å². The second kappa shape index (κ2) is 9.21. The Morgan fingerprint density at radius 2 is 1.82 bits per heavy atom. The smallest absolute Gasteiger partial charge is 0.152 e. The van der Waals surface area contributed by atoms with E-state index in [9.17, 15) is 0 Å². The third kappa shape index (κ3) is 4.27. The summed E-state index contributed by atoms with van der Waals surface area (Å²) in [7, 11) is 0. The van der Waals surface area contributed by atoms with Gasteiger partial charge in [0.2, 0.25) is 0 Å². The van der Waals surface area contributed by atoms with E-state index >= 15 is 0 Å². The van der Waals surface area contributed by atoms with Crippen LogP contribution in [0.1, 0.15) is 31.4 Å². The fourth-order valence-corrected chi connectivity index (χ4v) is 6.30. The van der Waals surface area contributed by atoms with Gasteiger partial charge in [0, 0.05) is 32.2 Å². The number of nitrogens with one attached hydrogen (secondary N) is 1. The van der Waals surface area contributed by atoms with Crippen molar-refractivity contribution in [3.8, 4) is 11.4 Å². The third-order valence-corrected chi connectivity index (χ3v) is 9.09. The Balaban J connectivity index is 0.975. The average Bonchev–Trinajstić information content (AvgIpc) is 3.61. The highest BCUT2D eigenvalue weighted by atomic mass is 16.5. The minimum absolute atomic E-state index is 0.322. The average molecular weight is 530 g/mol. The summed E-state index contributed by atoms with van der Waals surface area (Å²) in [5.41, 5.74) is 3.41. The summed E-state index contributed by atoms with van der Waals surface area (Å²) >= 11 is 0. The van der Waals surface area contributed by atoms with Crippen molar-refractivity contribution < 1.29 is 9.47 Å². The Morgan fingerprint density at radius 1 is 0.949 bits per heavy atom. The first-order valence-electron chi connectivity index (χ1n) is 14.3. The van der Waals surface area contributed by atoms with Crippen molar-refractivity contribution in [1.29, 1.82) is 0 Å². The zero-order valence-corrected chi connectivity index (χ0v) is 22.2. The van der Waals surface area contributed by atoms with Gasteiger partial charge in [0.1, 0.15) is 17.2 Å². The molecule has 11 nitrogen and oxygen atoms in total. The highest BCUT2D eigenvalue weighted by Crippen LogP contribution is 2.40. The van der Waals surface area contributed by atoms with Crippen LogP contribution in [0.25, 0.3) is 11.4 Å². The number of rotatable bonds is 8. The van der Waals surface area contributed by atoms with E-state index in [2.05, 4.69) is 42.5 Å². The summed E-state index contributed by atoms with van der Waals surface area (Å²) < 4.78 is 13.0. The van der Waals surface area contributed by atoms with Crippen LogP contribution in [0.15, 0.2) is 36.9 Å². The number of ether oxygens (including phenoxy) is 2. The molecule has 0 unspecified atom stereocenters. The molecule has 8 rings (SSSR count). The van der Waals surface area contributed by atoms with Gasteiger partial charge in [-0.15, -0.1) is 5.10 Å². The van der Waals surface area contributed by atoms with E-state index in [0.717, 1.165) is 62.5 Å². The first-order valence-corrected chi connectivity index (χ1v) is 14.3. The molecule has 1 aliphatic carbocycles. The summed E-state index contributed by atoms with van der Waals surface area (Å²) in [6, 6.07) is 4.89. The molecule has 0 radical (unpaired) electrons. The zero-order chi connectivity index (χ0) is 25.9. The molecule has 1 atom stereocenters. The third-order valence-electron chi connectivity index (χ3n) is 9.09. The van der Waals surface area contributed by atoms with Crippen LogP contribution in [0.5, 0.6) is 0 Å². The normalized spacial score (nSPS) is 25.2. The summed E-state index contributed by atoms with van der Waals surface area (Å²) in [5.74, 6) is 1.78. The highest BCUT2D eigenvalue weighted by Gasteiger charge is 2.49. The molecule has 3 aromatic rings. The molecule has 7 heterocycles. The predicted octanol–water partition coefficient (Wildman–Crippen LogP) is 1.71. The van der Waals surface area contributed by atoms with Crippen LogP contribution >= 0.6 is 0 Å². The van der Waals surface area contributed by atoms with Crippen LogP contribution in [0.3, 0.4) is 0 Å². The molecule has 11 heteroatoms. The first-order chi connectivity index (χ1) is 19.2. The lowest BCUT2D eigenvalue weighted by Gasteiger charge is -2.55. The number of anilines is 2. The summed E-state index contributed by atoms with van der Waals surface area (Å²) in [4.78, 5) is 18.9. The van der Waals surface area contributed by atoms with Gasteiger partial charge in [-0.1, -0.05) is 5.21 Å². The monoisotopic (exact) mass is 529 g/mol. The summed E-state index contributed by atoms with van der Waals surface area (Å²) in [6.45, 7) is 7.95. The molecule has 5 fully saturated rings. The predicted molar refractivity (Wildman–Crippen MR) is 145 cm³/mol. The van der Waals surface area contributed by atoms with Crippen molar-refractivity contribution in [2.75, 3.05) is 69.0 Å². The molecule has 4 aliphatic heterocycles. The fourth-order valence-electron chi connectivity index (χ4n) is 6.30. The van der Waals surface area contributed by atoms with E-state index in [1.807, 2.05) is 23.3 Å². The molecule has 0 bridgehead atoms. The molecule has 5 aliphatic rings. The molecular weight excluding hydrogens is 494 g/mol. The number of pyridine rings is 1. The SMILES string of the molecule is c1cc(C2(n3cc(-c4cncc(N5CC6(COC6)C5)n4)nn3)COC2)ncc1N1CCC[C@@H](NCC2CC2)C1. The van der Waals surface area contributed by atoms with Gasteiger partial charge in [0.15, 0.2) is 5.54 Å².